The van der Waals surface area contributed by atoms with Gasteiger partial charge in [0.25, 0.3) is 5.91 Å². The lowest BCUT2D eigenvalue weighted by atomic mass is 9.64. The van der Waals surface area contributed by atoms with Crippen LogP contribution in [0.15, 0.2) is 40.4 Å². The Morgan fingerprint density at radius 3 is 2.21 bits per heavy atom. The zero-order valence-corrected chi connectivity index (χ0v) is 20.9. The molecule has 11 heteroatoms. The fraction of sp³-hybridized carbons (Fsp3) is 0.481. The minimum Gasteiger partial charge on any atom is -0.507 e. The number of benzene rings is 1. The highest BCUT2D eigenvalue weighted by Gasteiger charge is 2.52. The third-order valence-corrected chi connectivity index (χ3v) is 8.46. The summed E-state index contributed by atoms with van der Waals surface area (Å²) >= 11 is 0. The van der Waals surface area contributed by atoms with E-state index in [9.17, 15) is 30.0 Å². The summed E-state index contributed by atoms with van der Waals surface area (Å²) < 4.78 is 10.9. The molecule has 2 aliphatic heterocycles. The van der Waals surface area contributed by atoms with Crippen molar-refractivity contribution >= 4 is 23.1 Å². The van der Waals surface area contributed by atoms with Gasteiger partial charge in [0.15, 0.2) is 5.78 Å². The van der Waals surface area contributed by atoms with Crippen LogP contribution in [0.25, 0.3) is 5.76 Å². The van der Waals surface area contributed by atoms with E-state index in [1.165, 1.54) is 6.07 Å². The molecule has 1 amide bonds. The first-order valence-corrected chi connectivity index (χ1v) is 12.9. The van der Waals surface area contributed by atoms with E-state index in [-0.39, 0.29) is 34.0 Å². The molecular weight excluding hydrogens is 494 g/mol. The lowest BCUT2D eigenvalue weighted by molar-refractivity contribution is -0.128. The molecule has 6 N–H and O–H groups in total. The summed E-state index contributed by atoms with van der Waals surface area (Å²) in [5, 5.41) is 44.8. The number of ether oxygens (including phenoxy) is 2. The number of nitrogens with zero attached hydrogens (tertiary/aromatic N) is 2. The first-order valence-electron chi connectivity index (χ1n) is 12.9. The number of morpholine rings is 2. The van der Waals surface area contributed by atoms with Gasteiger partial charge in [0.05, 0.1) is 38.0 Å². The summed E-state index contributed by atoms with van der Waals surface area (Å²) in [4.78, 5) is 29.9. The summed E-state index contributed by atoms with van der Waals surface area (Å²) in [6, 6.07) is 2.53. The maximum atomic E-state index is 13.5. The number of aliphatic hydroxyl groups excluding tert-OH is 3. The van der Waals surface area contributed by atoms with Crippen molar-refractivity contribution < 1.29 is 39.5 Å². The molecule has 0 saturated carbocycles. The molecule has 3 aliphatic carbocycles. The summed E-state index contributed by atoms with van der Waals surface area (Å²) in [5.41, 5.74) is 7.04. The molecule has 38 heavy (non-hydrogen) atoms. The number of carbonyl (C=O) groups excluding carboxylic acids is 2. The van der Waals surface area contributed by atoms with Crippen LogP contribution in [0.4, 0.5) is 5.69 Å². The van der Waals surface area contributed by atoms with E-state index < -0.39 is 40.9 Å². The Labute approximate surface area is 219 Å². The number of aromatic hydroxyl groups is 1. The van der Waals surface area contributed by atoms with Crippen LogP contribution in [0.5, 0.6) is 5.75 Å². The molecule has 2 saturated heterocycles. The van der Waals surface area contributed by atoms with Crippen LogP contribution in [-0.4, -0.2) is 95.7 Å². The maximum Gasteiger partial charge on any atom is 0.256 e. The van der Waals surface area contributed by atoms with Crippen molar-refractivity contribution in [2.24, 2.45) is 17.6 Å². The number of hydrogen-bond donors (Lipinski definition) is 5. The van der Waals surface area contributed by atoms with Crippen molar-refractivity contribution in [3.05, 3.63) is 51.5 Å². The quantitative estimate of drug-likeness (QED) is 0.361. The molecule has 0 bridgehead atoms. The molecule has 202 valence electrons. The minimum atomic E-state index is -1.08. The average Bonchev–Trinajstić information content (AvgIpc) is 2.89. The number of nitrogens with two attached hydrogens (primary N) is 1. The molecule has 0 aromatic heterocycles. The molecule has 11 nitrogen and oxygen atoms in total. The first-order chi connectivity index (χ1) is 18.3. The van der Waals surface area contributed by atoms with E-state index in [0.717, 1.165) is 11.3 Å². The van der Waals surface area contributed by atoms with Crippen molar-refractivity contribution in [3.63, 3.8) is 0 Å². The van der Waals surface area contributed by atoms with Gasteiger partial charge in [-0.2, -0.15) is 0 Å². The Kier molecular flexibility index (Phi) is 6.09. The van der Waals surface area contributed by atoms with E-state index in [0.29, 0.717) is 65.4 Å². The number of rotatable bonds is 3. The summed E-state index contributed by atoms with van der Waals surface area (Å²) in [7, 11) is 0. The topological polar surface area (TPSA) is 166 Å². The summed E-state index contributed by atoms with van der Waals surface area (Å²) in [5.74, 6) is -4.10. The number of ketones is 1. The fourth-order valence-electron chi connectivity index (χ4n) is 6.79. The van der Waals surface area contributed by atoms with E-state index in [4.69, 9.17) is 15.2 Å². The van der Waals surface area contributed by atoms with Gasteiger partial charge < -0.3 is 40.5 Å². The van der Waals surface area contributed by atoms with Crippen LogP contribution in [0.1, 0.15) is 17.5 Å². The maximum absolute atomic E-state index is 13.5. The van der Waals surface area contributed by atoms with Crippen molar-refractivity contribution in [2.75, 3.05) is 57.5 Å². The fourth-order valence-corrected chi connectivity index (χ4v) is 6.79. The number of phenolic OH excluding ortho intramolecular Hbond substituents is 1. The number of fused-ring (bicyclic) bond motifs is 3. The molecule has 5 aliphatic rings. The number of aliphatic hydroxyl groups is 3. The normalized spacial score (nSPS) is 28.3. The van der Waals surface area contributed by atoms with Crippen LogP contribution in [0.3, 0.4) is 0 Å². The molecule has 6 rings (SSSR count). The van der Waals surface area contributed by atoms with E-state index in [1.807, 2.05) is 11.0 Å². The highest BCUT2D eigenvalue weighted by molar-refractivity contribution is 6.22. The molecule has 2 fully saturated rings. The molecule has 1 aromatic carbocycles. The van der Waals surface area contributed by atoms with E-state index in [1.54, 1.807) is 0 Å². The number of carbonyl (C=O) groups is 2. The number of hydrogen-bond acceptors (Lipinski definition) is 10. The van der Waals surface area contributed by atoms with Gasteiger partial charge in [-0.15, -0.1) is 0 Å². The van der Waals surface area contributed by atoms with Gasteiger partial charge in [-0.3, -0.25) is 14.5 Å². The largest absolute Gasteiger partial charge is 0.507 e. The Hall–Kier alpha value is -3.54. The summed E-state index contributed by atoms with van der Waals surface area (Å²) in [6.07, 6.45) is 0.737. The Morgan fingerprint density at radius 1 is 0.895 bits per heavy atom. The second kappa shape index (κ2) is 9.33. The highest BCUT2D eigenvalue weighted by atomic mass is 16.5. The Bertz CT molecular complexity index is 1300. The van der Waals surface area contributed by atoms with Gasteiger partial charge in [0, 0.05) is 48.9 Å². The lowest BCUT2D eigenvalue weighted by Crippen LogP contribution is -2.56. The third-order valence-electron chi connectivity index (χ3n) is 8.46. The smallest absolute Gasteiger partial charge is 0.256 e. The van der Waals surface area contributed by atoms with Crippen LogP contribution in [-0.2, 0) is 25.5 Å². The van der Waals surface area contributed by atoms with Gasteiger partial charge in [-0.05, 0) is 36.5 Å². The molecule has 0 spiro atoms. The molecule has 3 atom stereocenters. The second-order valence-electron chi connectivity index (χ2n) is 10.4. The van der Waals surface area contributed by atoms with E-state index in [2.05, 4.69) is 4.90 Å². The standard InChI is InChI=1S/C27H31N3O8/c28-27(36)21-25(34)20-15(22(26(21)35)30-5-9-38-10-6-30)12-13-11-14-16(29-3-7-37-8-4-29)1-2-17(31)19(14)23(32)18(13)24(20)33/h1-2,13,15,22,31-34H,3-12H2,(H2,28,36)/t13-,15+,22+/m0/s1. The van der Waals surface area contributed by atoms with Crippen molar-refractivity contribution in [1.29, 1.82) is 0 Å². The Balaban J connectivity index is 1.52. The number of amides is 1. The van der Waals surface area contributed by atoms with Gasteiger partial charge in [0.2, 0.25) is 0 Å². The van der Waals surface area contributed by atoms with Crippen LogP contribution in [0, 0.1) is 11.8 Å². The number of allylic oxidation sites excluding steroid dienone is 2. The van der Waals surface area contributed by atoms with Crippen LogP contribution >= 0.6 is 0 Å². The van der Waals surface area contributed by atoms with Crippen LogP contribution < -0.4 is 10.6 Å². The van der Waals surface area contributed by atoms with Crippen molar-refractivity contribution in [2.45, 2.75) is 18.9 Å². The molecular formula is C27H31N3O8. The SMILES string of the molecule is NC(=O)C1=C(O)C2=C(O)C3=C(O)c4c(O)ccc(N5CCOCC5)c4C[C@H]3C[C@H]2[C@@H](N2CCOCC2)C1=O. The van der Waals surface area contributed by atoms with E-state index >= 15 is 0 Å². The van der Waals surface area contributed by atoms with Crippen molar-refractivity contribution in [1.82, 2.24) is 4.90 Å². The van der Waals surface area contributed by atoms with Gasteiger partial charge in [0.1, 0.15) is 28.6 Å². The monoisotopic (exact) mass is 525 g/mol. The predicted molar refractivity (Wildman–Crippen MR) is 136 cm³/mol. The Morgan fingerprint density at radius 2 is 1.55 bits per heavy atom. The summed E-state index contributed by atoms with van der Waals surface area (Å²) in [6.45, 7) is 4.19. The number of phenols is 1. The molecule has 1 aromatic rings. The van der Waals surface area contributed by atoms with Crippen molar-refractivity contribution in [3.8, 4) is 5.75 Å². The minimum absolute atomic E-state index is 0.0277. The third kappa shape index (κ3) is 3.68. The van der Waals surface area contributed by atoms with Gasteiger partial charge >= 0.3 is 0 Å². The lowest BCUT2D eigenvalue weighted by Gasteiger charge is -2.46. The number of primary amides is 1. The molecule has 2 heterocycles. The van der Waals surface area contributed by atoms with Gasteiger partial charge in [-0.1, -0.05) is 0 Å². The predicted octanol–water partition coefficient (Wildman–Crippen LogP) is 1.08. The number of anilines is 1. The first kappa shape index (κ1) is 24.8. The van der Waals surface area contributed by atoms with Crippen LogP contribution in [0.2, 0.25) is 0 Å². The number of Topliss-reactive ketones (excluding diaryl/α,β-unsaturated/α-hetero) is 1. The van der Waals surface area contributed by atoms with Gasteiger partial charge in [-0.25, -0.2) is 0 Å². The average molecular weight is 526 g/mol. The highest BCUT2D eigenvalue weighted by Crippen LogP contribution is 2.53. The zero-order chi connectivity index (χ0) is 26.7. The molecule has 0 radical (unpaired) electrons. The zero-order valence-electron chi connectivity index (χ0n) is 20.9. The molecule has 0 unspecified atom stereocenters. The second-order valence-corrected chi connectivity index (χ2v) is 10.4.